The number of ether oxygens (including phenoxy) is 2. The summed E-state index contributed by atoms with van der Waals surface area (Å²) in [5.74, 6) is 2.17. The van der Waals surface area contributed by atoms with Crippen molar-refractivity contribution in [2.45, 2.75) is 89.8 Å². The van der Waals surface area contributed by atoms with Crippen LogP contribution >= 0.6 is 0 Å². The van der Waals surface area contributed by atoms with Gasteiger partial charge in [-0.25, -0.2) is 9.78 Å². The van der Waals surface area contributed by atoms with E-state index in [1.54, 1.807) is 33.9 Å². The van der Waals surface area contributed by atoms with Crippen LogP contribution in [0.5, 0.6) is 11.5 Å². The highest BCUT2D eigenvalue weighted by Gasteiger charge is 2.38. The van der Waals surface area contributed by atoms with Crippen LogP contribution in [0.3, 0.4) is 0 Å². The summed E-state index contributed by atoms with van der Waals surface area (Å²) in [6, 6.07) is 9.64. The number of alkyl carbamates (subject to hydrolysis) is 1. The van der Waals surface area contributed by atoms with Crippen molar-refractivity contribution in [2.24, 2.45) is 0 Å². The lowest BCUT2D eigenvalue weighted by Gasteiger charge is -2.33. The number of pyridine rings is 1. The Balaban J connectivity index is 1.48. The van der Waals surface area contributed by atoms with Crippen molar-refractivity contribution in [3.63, 3.8) is 0 Å². The van der Waals surface area contributed by atoms with E-state index in [0.717, 1.165) is 61.3 Å². The summed E-state index contributed by atoms with van der Waals surface area (Å²) < 4.78 is 11.6. The summed E-state index contributed by atoms with van der Waals surface area (Å²) in [5.41, 5.74) is 0.156. The number of amides is 2. The van der Waals surface area contributed by atoms with Crippen molar-refractivity contribution in [2.75, 3.05) is 11.9 Å². The Bertz CT molecular complexity index is 1070. The number of carbonyl (C=O) groups is 2. The van der Waals surface area contributed by atoms with Gasteiger partial charge >= 0.3 is 6.09 Å². The molecule has 2 heterocycles. The van der Waals surface area contributed by atoms with Gasteiger partial charge in [0.2, 0.25) is 5.91 Å². The van der Waals surface area contributed by atoms with Gasteiger partial charge in [-0.2, -0.15) is 0 Å². The molecule has 1 aromatic heterocycles. The van der Waals surface area contributed by atoms with E-state index in [4.69, 9.17) is 9.47 Å². The molecule has 4 rings (SSSR count). The second-order valence-electron chi connectivity index (χ2n) is 11.0. The second kappa shape index (κ2) is 10.8. The maximum Gasteiger partial charge on any atom is 0.408 e. The fourth-order valence-corrected chi connectivity index (χ4v) is 4.78. The van der Waals surface area contributed by atoms with Crippen LogP contribution < -0.4 is 20.7 Å². The summed E-state index contributed by atoms with van der Waals surface area (Å²) in [6.07, 6.45) is 7.68. The maximum atomic E-state index is 13.4. The van der Waals surface area contributed by atoms with Gasteiger partial charge in [0.1, 0.15) is 28.5 Å². The molecule has 3 N–H and O–H groups in total. The van der Waals surface area contributed by atoms with Gasteiger partial charge in [0.05, 0.1) is 0 Å². The first-order valence-electron chi connectivity index (χ1n) is 12.9. The van der Waals surface area contributed by atoms with Crippen LogP contribution in [0.25, 0.3) is 0 Å². The van der Waals surface area contributed by atoms with Crippen molar-refractivity contribution >= 4 is 17.8 Å². The van der Waals surface area contributed by atoms with Gasteiger partial charge in [0.15, 0.2) is 0 Å². The van der Waals surface area contributed by atoms with Crippen LogP contribution in [0, 0.1) is 0 Å². The standard InChI is InChI=1S/C28H38N4O4/c1-27(2,3)36-26(34)32-28(4,25(33)31-20-8-6-5-7-9-20)18-19-10-12-21(13-11-19)35-23-15-17-30-24-22(23)14-16-29-24/h10-13,15,17,20H,5-9,14,16,18H2,1-4H3,(H,29,30)(H,31,33)(H,32,34). The number of rotatable bonds is 7. The fraction of sp³-hybridized carbons (Fsp3) is 0.536. The second-order valence-corrected chi connectivity index (χ2v) is 11.0. The Kier molecular flexibility index (Phi) is 7.71. The molecule has 1 saturated carbocycles. The van der Waals surface area contributed by atoms with Gasteiger partial charge in [0.25, 0.3) is 0 Å². The molecule has 8 nitrogen and oxygen atoms in total. The molecule has 1 aromatic carbocycles. The summed E-state index contributed by atoms with van der Waals surface area (Å²) in [7, 11) is 0. The summed E-state index contributed by atoms with van der Waals surface area (Å²) in [6.45, 7) is 8.03. The molecule has 0 radical (unpaired) electrons. The lowest BCUT2D eigenvalue weighted by Crippen LogP contribution is -2.60. The van der Waals surface area contributed by atoms with E-state index in [-0.39, 0.29) is 11.9 Å². The smallest absolute Gasteiger partial charge is 0.408 e. The normalized spacial score (nSPS) is 17.3. The zero-order valence-electron chi connectivity index (χ0n) is 21.8. The lowest BCUT2D eigenvalue weighted by atomic mass is 9.89. The molecule has 194 valence electrons. The van der Waals surface area contributed by atoms with Crippen molar-refractivity contribution in [3.05, 3.63) is 47.7 Å². The molecule has 0 saturated heterocycles. The molecule has 1 atom stereocenters. The lowest BCUT2D eigenvalue weighted by molar-refractivity contribution is -0.128. The maximum absolute atomic E-state index is 13.4. The highest BCUT2D eigenvalue weighted by Crippen LogP contribution is 2.32. The van der Waals surface area contributed by atoms with Gasteiger partial charge in [-0.05, 0) is 70.7 Å². The summed E-state index contributed by atoms with van der Waals surface area (Å²) in [5, 5.41) is 9.28. The molecule has 2 amide bonds. The van der Waals surface area contributed by atoms with Gasteiger partial charge in [-0.1, -0.05) is 31.4 Å². The van der Waals surface area contributed by atoms with Crippen LogP contribution in [0.15, 0.2) is 36.5 Å². The average Bonchev–Trinajstić information content (AvgIpc) is 3.30. The molecule has 1 fully saturated rings. The van der Waals surface area contributed by atoms with Gasteiger partial charge < -0.3 is 25.4 Å². The van der Waals surface area contributed by atoms with E-state index >= 15 is 0 Å². The highest BCUT2D eigenvalue weighted by atomic mass is 16.6. The third-order valence-electron chi connectivity index (χ3n) is 6.61. The molecular formula is C28H38N4O4. The highest BCUT2D eigenvalue weighted by molar-refractivity contribution is 5.90. The Labute approximate surface area is 213 Å². The Morgan fingerprint density at radius 3 is 2.47 bits per heavy atom. The quantitative estimate of drug-likeness (QED) is 0.494. The number of benzene rings is 1. The summed E-state index contributed by atoms with van der Waals surface area (Å²) in [4.78, 5) is 30.5. The van der Waals surface area contributed by atoms with E-state index < -0.39 is 17.2 Å². The first-order chi connectivity index (χ1) is 17.1. The van der Waals surface area contributed by atoms with Crippen LogP contribution in [0.4, 0.5) is 10.6 Å². The minimum Gasteiger partial charge on any atom is -0.457 e. The van der Waals surface area contributed by atoms with Gasteiger partial charge in [-0.15, -0.1) is 0 Å². The average molecular weight is 495 g/mol. The predicted octanol–water partition coefficient (Wildman–Crippen LogP) is 5.12. The molecule has 8 heteroatoms. The van der Waals surface area contributed by atoms with E-state index in [9.17, 15) is 9.59 Å². The number of carbonyl (C=O) groups excluding carboxylic acids is 2. The SMILES string of the molecule is CC(C)(C)OC(=O)NC(C)(Cc1ccc(Oc2ccnc3c2CCN3)cc1)C(=O)NC1CCCCC1. The van der Waals surface area contributed by atoms with Crippen molar-refractivity contribution in [1.29, 1.82) is 0 Å². The molecular weight excluding hydrogens is 456 g/mol. The molecule has 1 aliphatic heterocycles. The zero-order valence-corrected chi connectivity index (χ0v) is 21.8. The zero-order chi connectivity index (χ0) is 25.8. The van der Waals surface area contributed by atoms with Gasteiger partial charge in [-0.3, -0.25) is 4.79 Å². The van der Waals surface area contributed by atoms with Crippen molar-refractivity contribution < 1.29 is 19.1 Å². The van der Waals surface area contributed by atoms with Crippen LogP contribution in [0.2, 0.25) is 0 Å². The number of nitrogens with one attached hydrogen (secondary N) is 3. The Morgan fingerprint density at radius 1 is 1.06 bits per heavy atom. The third kappa shape index (κ3) is 6.68. The monoisotopic (exact) mass is 494 g/mol. The minimum atomic E-state index is -1.17. The first kappa shape index (κ1) is 25.8. The van der Waals surface area contributed by atoms with Crippen LogP contribution in [-0.4, -0.2) is 40.7 Å². The summed E-state index contributed by atoms with van der Waals surface area (Å²) >= 11 is 0. The molecule has 1 aliphatic carbocycles. The fourth-order valence-electron chi connectivity index (χ4n) is 4.78. The van der Waals surface area contributed by atoms with Gasteiger partial charge in [0, 0.05) is 30.8 Å². The Hall–Kier alpha value is -3.29. The molecule has 0 bridgehead atoms. The molecule has 2 aliphatic rings. The first-order valence-corrected chi connectivity index (χ1v) is 12.9. The van der Waals surface area contributed by atoms with Crippen molar-refractivity contribution in [1.82, 2.24) is 15.6 Å². The Morgan fingerprint density at radius 2 is 1.78 bits per heavy atom. The van der Waals surface area contributed by atoms with E-state index in [1.807, 2.05) is 30.3 Å². The van der Waals surface area contributed by atoms with Crippen LogP contribution in [0.1, 0.15) is 70.9 Å². The largest absolute Gasteiger partial charge is 0.457 e. The number of hydrogen-bond acceptors (Lipinski definition) is 6. The molecule has 0 spiro atoms. The topological polar surface area (TPSA) is 102 Å². The third-order valence-corrected chi connectivity index (χ3v) is 6.61. The number of hydrogen-bond donors (Lipinski definition) is 3. The van der Waals surface area contributed by atoms with E-state index in [1.165, 1.54) is 6.42 Å². The van der Waals surface area contributed by atoms with Crippen LogP contribution in [-0.2, 0) is 22.4 Å². The predicted molar refractivity (Wildman–Crippen MR) is 139 cm³/mol. The number of fused-ring (bicyclic) bond motifs is 1. The molecule has 2 aromatic rings. The van der Waals surface area contributed by atoms with E-state index in [0.29, 0.717) is 12.2 Å². The molecule has 1 unspecified atom stereocenters. The van der Waals surface area contributed by atoms with E-state index in [2.05, 4.69) is 20.9 Å². The number of nitrogens with zero attached hydrogens (tertiary/aromatic N) is 1. The molecule has 36 heavy (non-hydrogen) atoms. The number of anilines is 1. The number of aromatic nitrogens is 1. The van der Waals surface area contributed by atoms with Crippen molar-refractivity contribution in [3.8, 4) is 11.5 Å². The minimum absolute atomic E-state index is 0.137.